The molecule has 158 valence electrons. The molecule has 2 rings (SSSR count). The summed E-state index contributed by atoms with van der Waals surface area (Å²) in [6.45, 7) is 2.44. The summed E-state index contributed by atoms with van der Waals surface area (Å²) in [5, 5.41) is 0. The van der Waals surface area contributed by atoms with Gasteiger partial charge in [0.05, 0.1) is 6.61 Å². The lowest BCUT2D eigenvalue weighted by atomic mass is 10.1. The van der Waals surface area contributed by atoms with Crippen molar-refractivity contribution in [3.8, 4) is 17.2 Å². The van der Waals surface area contributed by atoms with Gasteiger partial charge in [0.2, 0.25) is 0 Å². The maximum atomic E-state index is 11.0. The average Bonchev–Trinajstić information content (AvgIpc) is 2.58. The summed E-state index contributed by atoms with van der Waals surface area (Å²) in [7, 11) is -9.28. The second kappa shape index (κ2) is 9.74. The van der Waals surface area contributed by atoms with Gasteiger partial charge in [0.25, 0.3) is 0 Å². The molecule has 0 atom stereocenters. The first-order valence-electron chi connectivity index (χ1n) is 8.44. The van der Waals surface area contributed by atoms with Crippen LogP contribution in [-0.2, 0) is 20.8 Å². The number of hydrogen-bond donors (Lipinski definition) is 2. The van der Waals surface area contributed by atoms with Gasteiger partial charge < -0.3 is 13.1 Å². The SMILES string of the molecule is CCCCOc1cc(/C=C/c2ccc(OS(=O)(=O)O)cc2)cc(OS(=O)(=O)O)c1. The topological polar surface area (TPSA) is 136 Å². The van der Waals surface area contributed by atoms with E-state index in [-0.39, 0.29) is 11.5 Å². The summed E-state index contributed by atoms with van der Waals surface area (Å²) < 4.78 is 75.3. The van der Waals surface area contributed by atoms with Gasteiger partial charge in [0.15, 0.2) is 0 Å². The fourth-order valence-electron chi connectivity index (χ4n) is 2.23. The van der Waals surface area contributed by atoms with Crippen molar-refractivity contribution in [1.82, 2.24) is 0 Å². The maximum absolute atomic E-state index is 11.0. The third kappa shape index (κ3) is 8.96. The van der Waals surface area contributed by atoms with Crippen LogP contribution in [-0.4, -0.2) is 32.5 Å². The molecule has 0 aliphatic carbocycles. The Hall–Kier alpha value is -2.60. The molecule has 0 unspecified atom stereocenters. The van der Waals surface area contributed by atoms with Crippen LogP contribution in [0.2, 0.25) is 0 Å². The molecule has 0 amide bonds. The monoisotopic (exact) mass is 444 g/mol. The Morgan fingerprint density at radius 2 is 1.34 bits per heavy atom. The third-order valence-corrected chi connectivity index (χ3v) is 4.23. The Labute approximate surface area is 169 Å². The van der Waals surface area contributed by atoms with E-state index in [1.54, 1.807) is 30.4 Å². The van der Waals surface area contributed by atoms with E-state index in [9.17, 15) is 16.8 Å². The van der Waals surface area contributed by atoms with Gasteiger partial charge in [-0.15, -0.1) is 0 Å². The number of rotatable bonds is 10. The fourth-order valence-corrected chi connectivity index (χ4v) is 2.92. The van der Waals surface area contributed by atoms with Crippen LogP contribution in [0.15, 0.2) is 42.5 Å². The Morgan fingerprint density at radius 3 is 1.93 bits per heavy atom. The molecule has 0 spiro atoms. The first-order valence-corrected chi connectivity index (χ1v) is 11.2. The van der Waals surface area contributed by atoms with Gasteiger partial charge in [0, 0.05) is 6.07 Å². The molecule has 0 saturated heterocycles. The Morgan fingerprint density at radius 1 is 0.793 bits per heavy atom. The third-order valence-electron chi connectivity index (χ3n) is 3.42. The van der Waals surface area contributed by atoms with Crippen LogP contribution in [0, 0.1) is 0 Å². The van der Waals surface area contributed by atoms with Crippen molar-refractivity contribution in [2.24, 2.45) is 0 Å². The summed E-state index contributed by atoms with van der Waals surface area (Å²) >= 11 is 0. The van der Waals surface area contributed by atoms with Crippen LogP contribution < -0.4 is 13.1 Å². The van der Waals surface area contributed by atoms with Crippen molar-refractivity contribution in [2.45, 2.75) is 19.8 Å². The van der Waals surface area contributed by atoms with E-state index in [0.29, 0.717) is 23.5 Å². The second-order valence-corrected chi connectivity index (χ2v) is 7.91. The molecule has 2 N–H and O–H groups in total. The van der Waals surface area contributed by atoms with Crippen molar-refractivity contribution in [3.05, 3.63) is 53.6 Å². The molecule has 0 heterocycles. The summed E-state index contributed by atoms with van der Waals surface area (Å²) in [6, 6.07) is 10.2. The largest absolute Gasteiger partial charge is 0.493 e. The van der Waals surface area contributed by atoms with Crippen LogP contribution >= 0.6 is 0 Å². The highest BCUT2D eigenvalue weighted by molar-refractivity contribution is 7.81. The van der Waals surface area contributed by atoms with Crippen molar-refractivity contribution in [2.75, 3.05) is 6.61 Å². The van der Waals surface area contributed by atoms with Crippen LogP contribution in [0.3, 0.4) is 0 Å². The van der Waals surface area contributed by atoms with Crippen molar-refractivity contribution < 1.29 is 39.0 Å². The van der Waals surface area contributed by atoms with Crippen molar-refractivity contribution >= 4 is 33.0 Å². The van der Waals surface area contributed by atoms with Crippen LogP contribution in [0.25, 0.3) is 12.2 Å². The van der Waals surface area contributed by atoms with Gasteiger partial charge in [-0.05, 0) is 41.8 Å². The molecule has 2 aromatic carbocycles. The molecule has 0 fully saturated rings. The lowest BCUT2D eigenvalue weighted by Gasteiger charge is -2.09. The minimum absolute atomic E-state index is 0.0557. The predicted molar refractivity (Wildman–Crippen MR) is 107 cm³/mol. The molecule has 0 aliphatic heterocycles. The van der Waals surface area contributed by atoms with E-state index in [1.165, 1.54) is 24.3 Å². The van der Waals surface area contributed by atoms with E-state index < -0.39 is 20.8 Å². The van der Waals surface area contributed by atoms with E-state index in [0.717, 1.165) is 12.8 Å². The highest BCUT2D eigenvalue weighted by Crippen LogP contribution is 2.26. The van der Waals surface area contributed by atoms with E-state index in [4.69, 9.17) is 13.8 Å². The highest BCUT2D eigenvalue weighted by Gasteiger charge is 2.10. The summed E-state index contributed by atoms with van der Waals surface area (Å²) in [4.78, 5) is 0. The minimum Gasteiger partial charge on any atom is -0.493 e. The van der Waals surface area contributed by atoms with Gasteiger partial charge in [0.1, 0.15) is 17.2 Å². The lowest BCUT2D eigenvalue weighted by Crippen LogP contribution is -2.07. The van der Waals surface area contributed by atoms with Crippen molar-refractivity contribution in [1.29, 1.82) is 0 Å². The lowest BCUT2D eigenvalue weighted by molar-refractivity contribution is 0.308. The Kier molecular flexibility index (Phi) is 7.62. The normalized spacial score (nSPS) is 12.1. The molecule has 0 saturated carbocycles. The van der Waals surface area contributed by atoms with E-state index in [1.807, 2.05) is 6.92 Å². The van der Waals surface area contributed by atoms with Gasteiger partial charge in [-0.25, -0.2) is 0 Å². The van der Waals surface area contributed by atoms with Gasteiger partial charge >= 0.3 is 20.8 Å². The molecule has 0 aliphatic rings. The summed E-state index contributed by atoms with van der Waals surface area (Å²) in [6.07, 6.45) is 5.04. The van der Waals surface area contributed by atoms with Crippen molar-refractivity contribution in [3.63, 3.8) is 0 Å². The minimum atomic E-state index is -4.69. The molecule has 11 heteroatoms. The summed E-state index contributed by atoms with van der Waals surface area (Å²) in [5.41, 5.74) is 1.21. The molecule has 0 radical (unpaired) electrons. The first kappa shape index (κ1) is 22.7. The second-order valence-electron chi connectivity index (χ2n) is 5.86. The molecule has 2 aromatic rings. The highest BCUT2D eigenvalue weighted by atomic mass is 32.3. The zero-order valence-corrected chi connectivity index (χ0v) is 17.0. The zero-order chi connectivity index (χ0) is 21.5. The van der Waals surface area contributed by atoms with E-state index >= 15 is 0 Å². The summed E-state index contributed by atoms with van der Waals surface area (Å²) in [5.74, 6) is 0.203. The quantitative estimate of drug-likeness (QED) is 0.321. The average molecular weight is 444 g/mol. The number of ether oxygens (including phenoxy) is 1. The molecule has 29 heavy (non-hydrogen) atoms. The number of hydrogen-bond acceptors (Lipinski definition) is 7. The van der Waals surface area contributed by atoms with E-state index in [2.05, 4.69) is 8.37 Å². The Balaban J connectivity index is 2.22. The van der Waals surface area contributed by atoms with Gasteiger partial charge in [-0.1, -0.05) is 37.6 Å². The molecule has 0 aromatic heterocycles. The predicted octanol–water partition coefficient (Wildman–Crippen LogP) is 3.40. The molecular weight excluding hydrogens is 424 g/mol. The molecule has 9 nitrogen and oxygen atoms in total. The fraction of sp³-hybridized carbons (Fsp3) is 0.222. The number of benzene rings is 2. The molecular formula is C18H20O9S2. The standard InChI is InChI=1S/C18H20O9S2/c1-2-3-10-25-17-11-15(12-18(13-17)27-29(22,23)24)5-4-14-6-8-16(9-7-14)26-28(19,20)21/h4-9,11-13H,2-3,10H2,1H3,(H,19,20,21)(H,22,23,24)/b5-4+. The van der Waals surface area contributed by atoms with Crippen LogP contribution in [0.1, 0.15) is 30.9 Å². The molecule has 0 bridgehead atoms. The van der Waals surface area contributed by atoms with Crippen LogP contribution in [0.4, 0.5) is 0 Å². The first-order chi connectivity index (χ1) is 13.5. The smallest absolute Gasteiger partial charge is 0.446 e. The zero-order valence-electron chi connectivity index (χ0n) is 15.4. The maximum Gasteiger partial charge on any atom is 0.446 e. The van der Waals surface area contributed by atoms with Crippen LogP contribution in [0.5, 0.6) is 17.2 Å². The van der Waals surface area contributed by atoms with Gasteiger partial charge in [-0.3, -0.25) is 9.11 Å². The van der Waals surface area contributed by atoms with Gasteiger partial charge in [-0.2, -0.15) is 16.8 Å². The number of unbranched alkanes of at least 4 members (excludes halogenated alkanes) is 1. The Bertz CT molecular complexity index is 1060.